The minimum absolute atomic E-state index is 0.0206. The summed E-state index contributed by atoms with van der Waals surface area (Å²) in [6.45, 7) is 0. The summed E-state index contributed by atoms with van der Waals surface area (Å²) in [7, 11) is -3.65. The number of rotatable bonds is 2. The van der Waals surface area contributed by atoms with E-state index in [2.05, 4.69) is 9.97 Å². The molecule has 0 fully saturated rings. The van der Waals surface area contributed by atoms with Crippen molar-refractivity contribution in [3.05, 3.63) is 48.9 Å². The molecule has 0 atom stereocenters. The number of aromatic nitrogens is 3. The Morgan fingerprint density at radius 2 is 1.79 bits per heavy atom. The largest absolute Gasteiger partial charge is 0.369 e. The van der Waals surface area contributed by atoms with Crippen molar-refractivity contribution in [2.45, 2.75) is 9.92 Å². The molecular weight excluding hydrogens is 264 g/mol. The molecule has 0 aliphatic carbocycles. The molecule has 3 rings (SSSR count). The Kier molecular flexibility index (Phi) is 2.49. The number of benzene rings is 1. The number of fused-ring (bicyclic) bond motifs is 1. The van der Waals surface area contributed by atoms with E-state index in [-0.39, 0.29) is 15.9 Å². The fraction of sp³-hybridized carbons (Fsp3) is 0. The van der Waals surface area contributed by atoms with Gasteiger partial charge < -0.3 is 5.73 Å². The van der Waals surface area contributed by atoms with Crippen molar-refractivity contribution in [3.8, 4) is 0 Å². The predicted molar refractivity (Wildman–Crippen MR) is 69.3 cm³/mol. The zero-order valence-corrected chi connectivity index (χ0v) is 10.6. The quantitative estimate of drug-likeness (QED) is 0.757. The Bertz CT molecular complexity index is 841. The molecule has 7 heteroatoms. The highest BCUT2D eigenvalue weighted by molar-refractivity contribution is 7.91. The molecule has 96 valence electrons. The van der Waals surface area contributed by atoms with Crippen molar-refractivity contribution in [1.82, 2.24) is 14.4 Å². The summed E-state index contributed by atoms with van der Waals surface area (Å²) in [5, 5.41) is -0.0206. The summed E-state index contributed by atoms with van der Waals surface area (Å²) in [6, 6.07) is 9.73. The molecule has 2 N–H and O–H groups in total. The van der Waals surface area contributed by atoms with Gasteiger partial charge in [-0.3, -0.25) is 4.40 Å². The molecule has 6 nitrogen and oxygen atoms in total. The minimum Gasteiger partial charge on any atom is -0.369 e. The second-order valence-corrected chi connectivity index (χ2v) is 5.79. The van der Waals surface area contributed by atoms with Gasteiger partial charge in [-0.2, -0.15) is 0 Å². The Hall–Kier alpha value is -2.41. The molecule has 0 aliphatic rings. The molecule has 0 radical (unpaired) electrons. The van der Waals surface area contributed by atoms with Crippen LogP contribution in [-0.4, -0.2) is 22.8 Å². The number of hydrogen-bond donors (Lipinski definition) is 1. The van der Waals surface area contributed by atoms with E-state index in [1.807, 2.05) is 0 Å². The highest BCUT2D eigenvalue weighted by Crippen LogP contribution is 2.23. The van der Waals surface area contributed by atoms with E-state index in [0.29, 0.717) is 5.52 Å². The highest BCUT2D eigenvalue weighted by Gasteiger charge is 2.23. The van der Waals surface area contributed by atoms with Crippen molar-refractivity contribution in [1.29, 1.82) is 0 Å². The molecule has 0 bridgehead atoms. The SMILES string of the molecule is Nc1nccc2c(S(=O)(=O)c3ccccc3)ncn12. The van der Waals surface area contributed by atoms with Crippen molar-refractivity contribution in [2.24, 2.45) is 0 Å². The van der Waals surface area contributed by atoms with Crippen LogP contribution in [0.5, 0.6) is 0 Å². The van der Waals surface area contributed by atoms with Gasteiger partial charge in [0.25, 0.3) is 0 Å². The lowest BCUT2D eigenvalue weighted by Crippen LogP contribution is -2.04. The average molecular weight is 274 g/mol. The third-order valence-corrected chi connectivity index (χ3v) is 4.48. The van der Waals surface area contributed by atoms with Crippen LogP contribution in [0, 0.1) is 0 Å². The topological polar surface area (TPSA) is 90.3 Å². The standard InChI is InChI=1S/C12H10N4O2S/c13-12-14-7-6-10-11(15-8-16(10)12)19(17,18)9-4-2-1-3-5-9/h1-8H,(H2,13,14). The monoisotopic (exact) mass is 274 g/mol. The van der Waals surface area contributed by atoms with Crippen LogP contribution < -0.4 is 5.73 Å². The number of nitrogens with two attached hydrogens (primary N) is 1. The average Bonchev–Trinajstić information content (AvgIpc) is 2.86. The number of hydrogen-bond acceptors (Lipinski definition) is 5. The van der Waals surface area contributed by atoms with Crippen molar-refractivity contribution in [2.75, 3.05) is 5.73 Å². The van der Waals surface area contributed by atoms with Gasteiger partial charge in [-0.1, -0.05) is 18.2 Å². The van der Waals surface area contributed by atoms with Crippen LogP contribution in [0.2, 0.25) is 0 Å². The summed E-state index contributed by atoms with van der Waals surface area (Å²) in [5.41, 5.74) is 6.08. The molecule has 0 unspecified atom stereocenters. The van der Waals surface area contributed by atoms with Gasteiger partial charge in [0.1, 0.15) is 6.33 Å². The first-order valence-corrected chi connectivity index (χ1v) is 6.97. The lowest BCUT2D eigenvalue weighted by molar-refractivity contribution is 0.594. The van der Waals surface area contributed by atoms with Gasteiger partial charge in [-0.15, -0.1) is 0 Å². The maximum atomic E-state index is 12.5. The molecule has 0 amide bonds. The molecule has 2 heterocycles. The second kappa shape index (κ2) is 4.06. The van der Waals surface area contributed by atoms with Crippen LogP contribution in [0.1, 0.15) is 0 Å². The highest BCUT2D eigenvalue weighted by atomic mass is 32.2. The van der Waals surface area contributed by atoms with Crippen LogP contribution >= 0.6 is 0 Å². The van der Waals surface area contributed by atoms with Crippen LogP contribution in [0.3, 0.4) is 0 Å². The lowest BCUT2D eigenvalue weighted by atomic mass is 10.4. The Balaban J connectivity index is 2.29. The summed E-state index contributed by atoms with van der Waals surface area (Å²) >= 11 is 0. The number of nitrogen functional groups attached to an aromatic ring is 1. The van der Waals surface area contributed by atoms with Crippen molar-refractivity contribution in [3.63, 3.8) is 0 Å². The molecule has 1 aromatic carbocycles. The Morgan fingerprint density at radius 1 is 1.05 bits per heavy atom. The molecule has 0 spiro atoms. The summed E-state index contributed by atoms with van der Waals surface area (Å²) in [6.07, 6.45) is 2.81. The fourth-order valence-corrected chi connectivity index (χ4v) is 3.21. The number of imidazole rings is 1. The van der Waals surface area contributed by atoms with Crippen molar-refractivity contribution < 1.29 is 8.42 Å². The van der Waals surface area contributed by atoms with Gasteiger partial charge in [0, 0.05) is 6.20 Å². The number of nitrogens with zero attached hydrogens (tertiary/aromatic N) is 3. The normalized spacial score (nSPS) is 11.8. The Morgan fingerprint density at radius 3 is 2.53 bits per heavy atom. The minimum atomic E-state index is -3.65. The predicted octanol–water partition coefficient (Wildman–Crippen LogP) is 1.14. The summed E-state index contributed by atoms with van der Waals surface area (Å²) in [4.78, 5) is 8.04. The Labute approximate surface area is 109 Å². The lowest BCUT2D eigenvalue weighted by Gasteiger charge is -2.02. The van der Waals surface area contributed by atoms with E-state index in [4.69, 9.17) is 5.73 Å². The van der Waals surface area contributed by atoms with E-state index in [9.17, 15) is 8.42 Å². The maximum absolute atomic E-state index is 12.5. The van der Waals surface area contributed by atoms with Crippen LogP contribution in [0.15, 0.2) is 58.8 Å². The van der Waals surface area contributed by atoms with Gasteiger partial charge >= 0.3 is 0 Å². The smallest absolute Gasteiger partial charge is 0.226 e. The third kappa shape index (κ3) is 1.75. The van der Waals surface area contributed by atoms with Crippen LogP contribution in [-0.2, 0) is 9.84 Å². The van der Waals surface area contributed by atoms with Crippen LogP contribution in [0.25, 0.3) is 5.52 Å². The van der Waals surface area contributed by atoms with Gasteiger partial charge in [0.2, 0.25) is 15.8 Å². The molecule has 0 saturated heterocycles. The summed E-state index contributed by atoms with van der Waals surface area (Å²) in [5.74, 6) is 0.194. The summed E-state index contributed by atoms with van der Waals surface area (Å²) < 4.78 is 26.4. The third-order valence-electron chi connectivity index (χ3n) is 2.76. The molecular formula is C12H10N4O2S. The van der Waals surface area contributed by atoms with Gasteiger partial charge in [-0.25, -0.2) is 18.4 Å². The van der Waals surface area contributed by atoms with E-state index in [1.54, 1.807) is 24.3 Å². The maximum Gasteiger partial charge on any atom is 0.226 e. The first-order valence-electron chi connectivity index (χ1n) is 5.48. The molecule has 19 heavy (non-hydrogen) atoms. The second-order valence-electron chi connectivity index (χ2n) is 3.92. The number of anilines is 1. The van der Waals surface area contributed by atoms with E-state index < -0.39 is 9.84 Å². The zero-order valence-electron chi connectivity index (χ0n) is 9.76. The van der Waals surface area contributed by atoms with Crippen molar-refractivity contribution >= 4 is 21.3 Å². The number of sulfone groups is 1. The van der Waals surface area contributed by atoms with Gasteiger partial charge in [0.05, 0.1) is 10.4 Å². The van der Waals surface area contributed by atoms with Gasteiger partial charge in [-0.05, 0) is 18.2 Å². The van der Waals surface area contributed by atoms with E-state index in [1.165, 1.54) is 29.1 Å². The zero-order chi connectivity index (χ0) is 13.5. The molecule has 3 aromatic rings. The fourth-order valence-electron chi connectivity index (χ4n) is 1.84. The van der Waals surface area contributed by atoms with E-state index >= 15 is 0 Å². The molecule has 0 aliphatic heterocycles. The van der Waals surface area contributed by atoms with Crippen LogP contribution in [0.4, 0.5) is 5.95 Å². The first-order chi connectivity index (χ1) is 9.10. The molecule has 0 saturated carbocycles. The van der Waals surface area contributed by atoms with Gasteiger partial charge in [0.15, 0.2) is 5.03 Å². The first kappa shape index (κ1) is 11.7. The molecule has 2 aromatic heterocycles. The van der Waals surface area contributed by atoms with E-state index in [0.717, 1.165) is 0 Å².